The molecule has 1 atom stereocenters. The molecule has 0 bridgehead atoms. The molecule has 8 nitrogen and oxygen atoms in total. The fourth-order valence-corrected chi connectivity index (χ4v) is 5.76. The highest BCUT2D eigenvalue weighted by Gasteiger charge is 2.29. The summed E-state index contributed by atoms with van der Waals surface area (Å²) in [5, 5.41) is -0.157. The van der Waals surface area contributed by atoms with E-state index in [2.05, 4.69) is 4.98 Å². The third-order valence-electron chi connectivity index (χ3n) is 6.12. The number of benzene rings is 2. The van der Waals surface area contributed by atoms with E-state index in [4.69, 9.17) is 9.47 Å². The first-order valence-corrected chi connectivity index (χ1v) is 13.5. The molecule has 4 rings (SSSR count). The van der Waals surface area contributed by atoms with Gasteiger partial charge < -0.3 is 18.9 Å². The van der Waals surface area contributed by atoms with E-state index in [9.17, 15) is 17.6 Å². The number of methoxy groups -OCH3 is 1. The highest BCUT2D eigenvalue weighted by molar-refractivity contribution is 7.90. The van der Waals surface area contributed by atoms with Crippen LogP contribution in [-0.4, -0.2) is 61.7 Å². The number of sulfone groups is 1. The number of aromatic nitrogens is 2. The molecule has 192 valence electrons. The molecule has 0 aliphatic carbocycles. The molecule has 0 unspecified atom stereocenters. The van der Waals surface area contributed by atoms with Crippen LogP contribution in [0.15, 0.2) is 66.0 Å². The van der Waals surface area contributed by atoms with Crippen LogP contribution in [0.25, 0.3) is 0 Å². The Morgan fingerprint density at radius 3 is 2.64 bits per heavy atom. The SMILES string of the molecule is COCCN(Cc1cnc(S(=O)(=O)Cc2ccccc2F)n1C[C@@H]1CCCO1)C(=O)c1ccccc1. The Morgan fingerprint density at radius 2 is 1.94 bits per heavy atom. The number of hydrogen-bond donors (Lipinski definition) is 0. The van der Waals surface area contributed by atoms with Crippen molar-refractivity contribution in [3.05, 3.63) is 83.4 Å². The molecular weight excluding hydrogens is 485 g/mol. The summed E-state index contributed by atoms with van der Waals surface area (Å²) in [5.74, 6) is -1.30. The highest BCUT2D eigenvalue weighted by Crippen LogP contribution is 2.23. The summed E-state index contributed by atoms with van der Waals surface area (Å²) in [4.78, 5) is 19.1. The molecule has 2 aromatic carbocycles. The normalized spacial score (nSPS) is 15.8. The number of imidazole rings is 1. The number of carbonyl (C=O) groups is 1. The smallest absolute Gasteiger partial charge is 0.254 e. The lowest BCUT2D eigenvalue weighted by Crippen LogP contribution is -2.34. The zero-order valence-electron chi connectivity index (χ0n) is 20.2. The molecule has 10 heteroatoms. The van der Waals surface area contributed by atoms with Crippen molar-refractivity contribution in [3.8, 4) is 0 Å². The topological polar surface area (TPSA) is 90.7 Å². The monoisotopic (exact) mass is 515 g/mol. The van der Waals surface area contributed by atoms with E-state index < -0.39 is 21.4 Å². The van der Waals surface area contributed by atoms with Crippen LogP contribution < -0.4 is 0 Å². The first-order valence-electron chi connectivity index (χ1n) is 11.8. The van der Waals surface area contributed by atoms with Crippen LogP contribution in [0.1, 0.15) is 34.5 Å². The Kier molecular flexibility index (Phi) is 8.50. The van der Waals surface area contributed by atoms with Crippen molar-refractivity contribution in [1.29, 1.82) is 0 Å². The Balaban J connectivity index is 1.67. The molecule has 2 heterocycles. The Labute approximate surface area is 210 Å². The van der Waals surface area contributed by atoms with Crippen LogP contribution >= 0.6 is 0 Å². The summed E-state index contributed by atoms with van der Waals surface area (Å²) in [6, 6.07) is 14.7. The molecule has 1 aliphatic heterocycles. The van der Waals surface area contributed by atoms with Crippen LogP contribution in [0.5, 0.6) is 0 Å². The summed E-state index contributed by atoms with van der Waals surface area (Å²) in [5.41, 5.74) is 1.15. The highest BCUT2D eigenvalue weighted by atomic mass is 32.2. The van der Waals surface area contributed by atoms with E-state index in [1.54, 1.807) is 46.9 Å². The van der Waals surface area contributed by atoms with Crippen LogP contribution in [0.3, 0.4) is 0 Å². The third-order valence-corrected chi connectivity index (χ3v) is 7.69. The van der Waals surface area contributed by atoms with Crippen molar-refractivity contribution < 1.29 is 27.1 Å². The molecule has 0 spiro atoms. The van der Waals surface area contributed by atoms with Gasteiger partial charge in [-0.3, -0.25) is 4.79 Å². The van der Waals surface area contributed by atoms with E-state index in [1.165, 1.54) is 24.4 Å². The average molecular weight is 516 g/mol. The summed E-state index contributed by atoms with van der Waals surface area (Å²) in [7, 11) is -2.43. The maximum Gasteiger partial charge on any atom is 0.254 e. The average Bonchev–Trinajstić information content (AvgIpc) is 3.54. The molecule has 3 aromatic rings. The van der Waals surface area contributed by atoms with E-state index in [0.717, 1.165) is 12.8 Å². The fraction of sp³-hybridized carbons (Fsp3) is 0.385. The second kappa shape index (κ2) is 11.8. The minimum Gasteiger partial charge on any atom is -0.383 e. The minimum absolute atomic E-state index is 0.0756. The minimum atomic E-state index is -3.98. The summed E-state index contributed by atoms with van der Waals surface area (Å²) < 4.78 is 53.6. The quantitative estimate of drug-likeness (QED) is 0.389. The van der Waals surface area contributed by atoms with Gasteiger partial charge in [-0.25, -0.2) is 17.8 Å². The van der Waals surface area contributed by atoms with Gasteiger partial charge in [0.15, 0.2) is 0 Å². The Hall–Kier alpha value is -3.08. The number of carbonyl (C=O) groups excluding carboxylic acids is 1. The summed E-state index contributed by atoms with van der Waals surface area (Å²) in [6.45, 7) is 1.65. The van der Waals surface area contributed by atoms with E-state index in [1.807, 2.05) is 6.07 Å². The van der Waals surface area contributed by atoms with Crippen LogP contribution in [0.4, 0.5) is 4.39 Å². The molecular formula is C26H30FN3O5S. The second-order valence-corrected chi connectivity index (χ2v) is 10.6. The lowest BCUT2D eigenvalue weighted by molar-refractivity contribution is 0.0668. The molecule has 1 amide bonds. The van der Waals surface area contributed by atoms with Crippen LogP contribution in [-0.2, 0) is 38.2 Å². The van der Waals surface area contributed by atoms with Gasteiger partial charge >= 0.3 is 0 Å². The Bertz CT molecular complexity index is 1270. The predicted molar refractivity (Wildman–Crippen MR) is 132 cm³/mol. The molecule has 0 saturated carbocycles. The van der Waals surface area contributed by atoms with Crippen LogP contribution in [0, 0.1) is 5.82 Å². The first-order chi connectivity index (χ1) is 17.4. The predicted octanol–water partition coefficient (Wildman–Crippen LogP) is 3.46. The number of ether oxygens (including phenoxy) is 2. The zero-order chi connectivity index (χ0) is 25.5. The largest absolute Gasteiger partial charge is 0.383 e. The third kappa shape index (κ3) is 6.18. The first kappa shape index (κ1) is 26.0. The zero-order valence-corrected chi connectivity index (χ0v) is 21.0. The van der Waals surface area contributed by atoms with Gasteiger partial charge in [0.05, 0.1) is 43.4 Å². The van der Waals surface area contributed by atoms with E-state index in [0.29, 0.717) is 31.0 Å². The molecule has 1 fully saturated rings. The number of rotatable bonds is 11. The van der Waals surface area contributed by atoms with Crippen molar-refractivity contribution >= 4 is 15.7 Å². The van der Waals surface area contributed by atoms with Crippen molar-refractivity contribution in [2.75, 3.05) is 26.9 Å². The summed E-state index contributed by atoms with van der Waals surface area (Å²) >= 11 is 0. The van der Waals surface area contributed by atoms with Crippen molar-refractivity contribution in [1.82, 2.24) is 14.5 Å². The Morgan fingerprint density at radius 1 is 1.19 bits per heavy atom. The number of amides is 1. The molecule has 36 heavy (non-hydrogen) atoms. The van der Waals surface area contributed by atoms with Gasteiger partial charge in [-0.05, 0) is 31.0 Å². The van der Waals surface area contributed by atoms with Gasteiger partial charge in [-0.1, -0.05) is 36.4 Å². The van der Waals surface area contributed by atoms with Gasteiger partial charge in [0, 0.05) is 31.4 Å². The molecule has 1 aromatic heterocycles. The van der Waals surface area contributed by atoms with Gasteiger partial charge in [0.25, 0.3) is 5.91 Å². The lowest BCUT2D eigenvalue weighted by atomic mass is 10.2. The fourth-order valence-electron chi connectivity index (χ4n) is 4.25. The van der Waals surface area contributed by atoms with E-state index >= 15 is 0 Å². The van der Waals surface area contributed by atoms with Crippen molar-refractivity contribution in [3.63, 3.8) is 0 Å². The standard InChI is InChI=1S/C26H30FN3O5S/c1-34-15-13-29(25(31)20-8-3-2-4-9-20)17-22-16-28-26(30(22)18-23-11-7-14-35-23)36(32,33)19-21-10-5-6-12-24(21)27/h2-6,8-10,12,16,23H,7,11,13-15,17-19H2,1H3/t23-/m0/s1. The molecule has 0 radical (unpaired) electrons. The van der Waals surface area contributed by atoms with Gasteiger partial charge in [-0.15, -0.1) is 0 Å². The summed E-state index contributed by atoms with van der Waals surface area (Å²) in [6.07, 6.45) is 2.98. The maximum atomic E-state index is 14.2. The number of hydrogen-bond acceptors (Lipinski definition) is 6. The number of nitrogens with zero attached hydrogens (tertiary/aromatic N) is 3. The molecule has 1 saturated heterocycles. The molecule has 1 aliphatic rings. The maximum absolute atomic E-state index is 14.2. The van der Waals surface area contributed by atoms with Gasteiger partial charge in [0.1, 0.15) is 5.82 Å². The van der Waals surface area contributed by atoms with Crippen LogP contribution in [0.2, 0.25) is 0 Å². The lowest BCUT2D eigenvalue weighted by Gasteiger charge is -2.24. The van der Waals surface area contributed by atoms with Crippen molar-refractivity contribution in [2.24, 2.45) is 0 Å². The second-order valence-electron chi connectivity index (χ2n) is 8.71. The van der Waals surface area contributed by atoms with Gasteiger partial charge in [-0.2, -0.15) is 0 Å². The van der Waals surface area contributed by atoms with E-state index in [-0.39, 0.29) is 35.8 Å². The van der Waals surface area contributed by atoms with Crippen molar-refractivity contribution in [2.45, 2.75) is 42.9 Å². The molecule has 0 N–H and O–H groups in total. The number of halogens is 1. The van der Waals surface area contributed by atoms with Gasteiger partial charge in [0.2, 0.25) is 15.0 Å².